The smallest absolute Gasteiger partial charge is 0.255 e. The molecule has 0 aliphatic rings. The van der Waals surface area contributed by atoms with E-state index < -0.39 is 5.97 Å². The molecule has 0 aliphatic carbocycles. The number of rotatable bonds is 3. The van der Waals surface area contributed by atoms with Crippen LogP contribution >= 0.6 is 0 Å². The molecule has 0 atom stereocenters. The molecule has 4 nitrogen and oxygen atoms in total. The third-order valence-electron chi connectivity index (χ3n) is 4.28. The molecule has 2 aromatic carbocycles. The summed E-state index contributed by atoms with van der Waals surface area (Å²) in [5.74, 6) is -1.54. The molecule has 0 heterocycles. The highest BCUT2D eigenvalue weighted by molar-refractivity contribution is 6.05. The maximum Gasteiger partial charge on any atom is 0.255 e. The normalized spacial score (nSPS) is 11.9. The summed E-state index contributed by atoms with van der Waals surface area (Å²) in [5, 5.41) is 13.8. The van der Waals surface area contributed by atoms with Crippen molar-refractivity contribution < 1.29 is 14.7 Å². The minimum absolute atomic E-state index is 0.0293. The van der Waals surface area contributed by atoms with Crippen LogP contribution in [0.4, 0.5) is 5.69 Å². The van der Waals surface area contributed by atoms with E-state index in [-0.39, 0.29) is 22.3 Å². The van der Waals surface area contributed by atoms with Crippen molar-refractivity contribution in [3.63, 3.8) is 0 Å². The zero-order chi connectivity index (χ0) is 19.7. The first-order chi connectivity index (χ1) is 11.9. The molecule has 1 N–H and O–H groups in total. The summed E-state index contributed by atoms with van der Waals surface area (Å²) in [5.41, 5.74) is 2.99. The predicted molar refractivity (Wildman–Crippen MR) is 103 cm³/mol. The molecule has 0 bridgehead atoms. The lowest BCUT2D eigenvalue weighted by atomic mass is 9.79. The van der Waals surface area contributed by atoms with Crippen molar-refractivity contribution in [2.45, 2.75) is 52.4 Å². The third-order valence-corrected chi connectivity index (χ3v) is 4.28. The van der Waals surface area contributed by atoms with Crippen LogP contribution in [0.1, 0.15) is 73.4 Å². The Kier molecular flexibility index (Phi) is 5.26. The zero-order valence-corrected chi connectivity index (χ0v) is 16.3. The van der Waals surface area contributed by atoms with E-state index in [9.17, 15) is 14.7 Å². The van der Waals surface area contributed by atoms with Crippen molar-refractivity contribution in [2.24, 2.45) is 0 Å². The molecule has 0 fully saturated rings. The second-order valence-corrected chi connectivity index (χ2v) is 8.62. The second kappa shape index (κ2) is 6.94. The molecule has 2 aromatic rings. The van der Waals surface area contributed by atoms with Crippen molar-refractivity contribution >= 4 is 17.6 Å². The van der Waals surface area contributed by atoms with Gasteiger partial charge in [-0.1, -0.05) is 59.7 Å². The molecule has 0 aliphatic heterocycles. The maximum absolute atomic E-state index is 12.8. The summed E-state index contributed by atoms with van der Waals surface area (Å²) < 4.78 is 0. The highest BCUT2D eigenvalue weighted by Gasteiger charge is 2.22. The van der Waals surface area contributed by atoms with E-state index >= 15 is 0 Å². The number of benzene rings is 2. The minimum Gasteiger partial charge on any atom is -0.545 e. The monoisotopic (exact) mass is 352 g/mol. The minimum atomic E-state index is -1.27. The standard InChI is InChI=1S/C22H27NO3/c1-21(2,3)16-10-15(11-17(13-16)22(4,5)6)19(24)23-18-9-7-8-14(12-18)20(25)26/h7-13H,1-6H3,(H,23,24)(H,25,26)/p-1. The highest BCUT2D eigenvalue weighted by Crippen LogP contribution is 2.30. The van der Waals surface area contributed by atoms with E-state index in [1.165, 1.54) is 12.1 Å². The molecule has 0 radical (unpaired) electrons. The molecule has 0 unspecified atom stereocenters. The second-order valence-electron chi connectivity index (χ2n) is 8.62. The molecule has 138 valence electrons. The molecule has 2 rings (SSSR count). The fraction of sp³-hybridized carbons (Fsp3) is 0.364. The first-order valence-corrected chi connectivity index (χ1v) is 8.67. The lowest BCUT2D eigenvalue weighted by Gasteiger charge is -2.26. The number of aromatic carboxylic acids is 1. The van der Waals surface area contributed by atoms with E-state index in [1.807, 2.05) is 12.1 Å². The van der Waals surface area contributed by atoms with E-state index in [2.05, 4.69) is 52.9 Å². The van der Waals surface area contributed by atoms with Crippen molar-refractivity contribution in [1.82, 2.24) is 0 Å². The quantitative estimate of drug-likeness (QED) is 0.911. The zero-order valence-electron chi connectivity index (χ0n) is 16.3. The Labute approximate surface area is 155 Å². The van der Waals surface area contributed by atoms with E-state index in [0.717, 1.165) is 11.1 Å². The fourth-order valence-corrected chi connectivity index (χ4v) is 2.55. The van der Waals surface area contributed by atoms with Gasteiger partial charge in [-0.2, -0.15) is 0 Å². The van der Waals surface area contributed by atoms with Gasteiger partial charge in [0.2, 0.25) is 0 Å². The Morgan fingerprint density at radius 2 is 1.35 bits per heavy atom. The van der Waals surface area contributed by atoms with Crippen LogP contribution in [-0.2, 0) is 10.8 Å². The van der Waals surface area contributed by atoms with E-state index in [1.54, 1.807) is 12.1 Å². The van der Waals surface area contributed by atoms with Crippen molar-refractivity contribution in [3.05, 3.63) is 64.7 Å². The molecule has 0 saturated heterocycles. The molecular weight excluding hydrogens is 326 g/mol. The van der Waals surface area contributed by atoms with Crippen LogP contribution < -0.4 is 10.4 Å². The largest absolute Gasteiger partial charge is 0.545 e. The van der Waals surface area contributed by atoms with Gasteiger partial charge >= 0.3 is 0 Å². The number of hydrogen-bond acceptors (Lipinski definition) is 3. The summed E-state index contributed by atoms with van der Waals surface area (Å²) >= 11 is 0. The summed E-state index contributed by atoms with van der Waals surface area (Å²) in [6.07, 6.45) is 0. The van der Waals surface area contributed by atoms with Crippen LogP contribution in [0.25, 0.3) is 0 Å². The Morgan fingerprint density at radius 1 is 0.808 bits per heavy atom. The van der Waals surface area contributed by atoms with Gasteiger partial charge in [-0.15, -0.1) is 0 Å². The van der Waals surface area contributed by atoms with Gasteiger partial charge in [-0.25, -0.2) is 0 Å². The van der Waals surface area contributed by atoms with Gasteiger partial charge in [0, 0.05) is 11.3 Å². The molecule has 0 saturated carbocycles. The number of carbonyl (C=O) groups excluding carboxylic acids is 2. The lowest BCUT2D eigenvalue weighted by Crippen LogP contribution is -2.22. The number of anilines is 1. The van der Waals surface area contributed by atoms with E-state index in [4.69, 9.17) is 0 Å². The van der Waals surface area contributed by atoms with Gasteiger partial charge in [-0.05, 0) is 51.8 Å². The molecule has 26 heavy (non-hydrogen) atoms. The third kappa shape index (κ3) is 4.72. The van der Waals surface area contributed by atoms with Crippen LogP contribution in [-0.4, -0.2) is 11.9 Å². The van der Waals surface area contributed by atoms with Crippen molar-refractivity contribution in [3.8, 4) is 0 Å². The van der Waals surface area contributed by atoms with Crippen LogP contribution in [0.3, 0.4) is 0 Å². The molecule has 0 aromatic heterocycles. The molecule has 0 spiro atoms. The number of carboxylic acids is 1. The first-order valence-electron chi connectivity index (χ1n) is 8.67. The van der Waals surface area contributed by atoms with Gasteiger partial charge in [0.05, 0.1) is 5.97 Å². The van der Waals surface area contributed by atoms with Gasteiger partial charge in [-0.3, -0.25) is 4.79 Å². The summed E-state index contributed by atoms with van der Waals surface area (Å²) in [7, 11) is 0. The van der Waals surface area contributed by atoms with Crippen molar-refractivity contribution in [1.29, 1.82) is 0 Å². The molecular formula is C22H26NO3-. The average molecular weight is 352 g/mol. The molecule has 1 amide bonds. The number of carbonyl (C=O) groups is 2. The van der Waals surface area contributed by atoms with Gasteiger partial charge in [0.25, 0.3) is 5.91 Å². The van der Waals surface area contributed by atoms with Gasteiger partial charge in [0.1, 0.15) is 0 Å². The Bertz CT molecular complexity index is 807. The summed E-state index contributed by atoms with van der Waals surface area (Å²) in [6.45, 7) is 12.7. The number of amides is 1. The Hall–Kier alpha value is -2.62. The topological polar surface area (TPSA) is 69.2 Å². The lowest BCUT2D eigenvalue weighted by molar-refractivity contribution is -0.255. The van der Waals surface area contributed by atoms with Crippen LogP contribution in [0.2, 0.25) is 0 Å². The highest BCUT2D eigenvalue weighted by atomic mass is 16.4. The maximum atomic E-state index is 12.8. The Balaban J connectivity index is 2.42. The number of hydrogen-bond donors (Lipinski definition) is 1. The number of carboxylic acid groups (broad SMARTS) is 1. The first kappa shape index (κ1) is 19.7. The van der Waals surface area contributed by atoms with Crippen LogP contribution in [0.5, 0.6) is 0 Å². The van der Waals surface area contributed by atoms with Crippen LogP contribution in [0.15, 0.2) is 42.5 Å². The van der Waals surface area contributed by atoms with Crippen LogP contribution in [0, 0.1) is 0 Å². The van der Waals surface area contributed by atoms with Crippen molar-refractivity contribution in [2.75, 3.05) is 5.32 Å². The SMILES string of the molecule is CC(C)(C)c1cc(C(=O)Nc2cccc(C(=O)[O-])c2)cc(C(C)(C)C)c1. The summed E-state index contributed by atoms with van der Waals surface area (Å²) in [6, 6.07) is 12.0. The van der Waals surface area contributed by atoms with E-state index in [0.29, 0.717) is 11.3 Å². The Morgan fingerprint density at radius 3 is 1.81 bits per heavy atom. The van der Waals surface area contributed by atoms with Gasteiger partial charge in [0.15, 0.2) is 0 Å². The average Bonchev–Trinajstić information content (AvgIpc) is 2.53. The number of nitrogens with one attached hydrogen (secondary N) is 1. The fourth-order valence-electron chi connectivity index (χ4n) is 2.55. The van der Waals surface area contributed by atoms with Gasteiger partial charge < -0.3 is 15.2 Å². The molecule has 4 heteroatoms. The predicted octanol–water partition coefficient (Wildman–Crippen LogP) is 3.90. The summed E-state index contributed by atoms with van der Waals surface area (Å²) in [4.78, 5) is 23.8.